The lowest BCUT2D eigenvalue weighted by molar-refractivity contribution is -0.162. The summed E-state index contributed by atoms with van der Waals surface area (Å²) in [5.41, 5.74) is 1.41. The molecule has 0 spiro atoms. The molecule has 1 fully saturated rings. The normalized spacial score (nSPS) is 19.5. The first kappa shape index (κ1) is 22.9. The number of carbonyl (C=O) groups excluding carboxylic acids is 3. The topological polar surface area (TPSA) is 78.9 Å². The molecule has 0 radical (unpaired) electrons. The Hall–Kier alpha value is -2.37. The van der Waals surface area contributed by atoms with Gasteiger partial charge >= 0.3 is 17.9 Å². The van der Waals surface area contributed by atoms with Crippen molar-refractivity contribution in [1.82, 2.24) is 0 Å². The molecule has 6 nitrogen and oxygen atoms in total. The minimum absolute atomic E-state index is 0.115. The summed E-state index contributed by atoms with van der Waals surface area (Å²) in [5.74, 6) is -2.38. The van der Waals surface area contributed by atoms with Gasteiger partial charge in [0.05, 0.1) is 20.1 Å². The van der Waals surface area contributed by atoms with Crippen LogP contribution in [0.1, 0.15) is 63.5 Å². The Labute approximate surface area is 172 Å². The Morgan fingerprint density at radius 2 is 1.52 bits per heavy atom. The van der Waals surface area contributed by atoms with Crippen molar-refractivity contribution in [2.45, 2.75) is 64.4 Å². The van der Waals surface area contributed by atoms with E-state index < -0.39 is 23.5 Å². The highest BCUT2D eigenvalue weighted by molar-refractivity contribution is 5.95. The van der Waals surface area contributed by atoms with Crippen LogP contribution >= 0.6 is 0 Å². The van der Waals surface area contributed by atoms with Crippen molar-refractivity contribution in [2.24, 2.45) is 11.8 Å². The second kappa shape index (κ2) is 9.90. The van der Waals surface area contributed by atoms with Gasteiger partial charge in [-0.3, -0.25) is 14.4 Å². The van der Waals surface area contributed by atoms with E-state index in [2.05, 4.69) is 0 Å². The van der Waals surface area contributed by atoms with E-state index in [9.17, 15) is 14.4 Å². The monoisotopic (exact) mass is 404 g/mol. The van der Waals surface area contributed by atoms with Crippen molar-refractivity contribution in [2.75, 3.05) is 14.2 Å². The first-order chi connectivity index (χ1) is 13.7. The van der Waals surface area contributed by atoms with E-state index in [1.165, 1.54) is 14.2 Å². The minimum atomic E-state index is -0.986. The van der Waals surface area contributed by atoms with Crippen LogP contribution < -0.4 is 0 Å². The maximum atomic E-state index is 12.7. The molecule has 0 heterocycles. The standard InChI is InChI=1S/C23H32O6/c1-23(2,3)29-22(26)18-9-7-6-8-17(18)16-12-10-15(11-13-16)14-19(20(24)27-4)21(25)28-5/h10-13,17-19H,6-9,14H2,1-5H3/t17-,18+/m0/s1. The van der Waals surface area contributed by atoms with Gasteiger partial charge in [0.1, 0.15) is 5.60 Å². The lowest BCUT2D eigenvalue weighted by atomic mass is 9.75. The van der Waals surface area contributed by atoms with E-state index in [4.69, 9.17) is 14.2 Å². The predicted molar refractivity (Wildman–Crippen MR) is 108 cm³/mol. The van der Waals surface area contributed by atoms with Gasteiger partial charge in [0.2, 0.25) is 0 Å². The molecule has 1 aromatic carbocycles. The highest BCUT2D eigenvalue weighted by atomic mass is 16.6. The molecule has 0 unspecified atom stereocenters. The summed E-state index contributed by atoms with van der Waals surface area (Å²) < 4.78 is 15.1. The number of ether oxygens (including phenoxy) is 3. The zero-order valence-corrected chi connectivity index (χ0v) is 18.0. The quantitative estimate of drug-likeness (QED) is 0.408. The maximum Gasteiger partial charge on any atom is 0.320 e. The molecule has 160 valence electrons. The summed E-state index contributed by atoms with van der Waals surface area (Å²) in [4.78, 5) is 36.5. The van der Waals surface area contributed by atoms with Crippen molar-refractivity contribution >= 4 is 17.9 Å². The fourth-order valence-corrected chi connectivity index (χ4v) is 3.87. The molecule has 6 heteroatoms. The van der Waals surface area contributed by atoms with E-state index in [-0.39, 0.29) is 24.2 Å². The van der Waals surface area contributed by atoms with Gasteiger partial charge in [0, 0.05) is 0 Å². The molecule has 1 aromatic rings. The molecule has 1 aliphatic carbocycles. The zero-order valence-electron chi connectivity index (χ0n) is 18.0. The van der Waals surface area contributed by atoms with Gasteiger partial charge in [-0.2, -0.15) is 0 Å². The van der Waals surface area contributed by atoms with Gasteiger partial charge in [0.25, 0.3) is 0 Å². The molecule has 2 rings (SSSR count). The molecule has 0 bridgehead atoms. The lowest BCUT2D eigenvalue weighted by Gasteiger charge is -2.32. The van der Waals surface area contributed by atoms with Crippen LogP contribution in [-0.2, 0) is 35.0 Å². The Kier molecular flexibility index (Phi) is 7.82. The van der Waals surface area contributed by atoms with Crippen molar-refractivity contribution in [3.05, 3.63) is 35.4 Å². The van der Waals surface area contributed by atoms with Gasteiger partial charge < -0.3 is 14.2 Å². The average Bonchev–Trinajstić information content (AvgIpc) is 2.70. The van der Waals surface area contributed by atoms with Crippen LogP contribution in [0.15, 0.2) is 24.3 Å². The third-order valence-electron chi connectivity index (χ3n) is 5.29. The molecule has 29 heavy (non-hydrogen) atoms. The Bertz CT molecular complexity index is 700. The van der Waals surface area contributed by atoms with Gasteiger partial charge in [-0.05, 0) is 57.1 Å². The van der Waals surface area contributed by atoms with Gasteiger partial charge in [-0.1, -0.05) is 37.1 Å². The van der Waals surface area contributed by atoms with Crippen LogP contribution in [0.5, 0.6) is 0 Å². The smallest absolute Gasteiger partial charge is 0.320 e. The van der Waals surface area contributed by atoms with E-state index in [1.807, 2.05) is 45.0 Å². The first-order valence-electron chi connectivity index (χ1n) is 10.1. The second-order valence-electron chi connectivity index (χ2n) is 8.58. The van der Waals surface area contributed by atoms with Crippen molar-refractivity contribution in [3.63, 3.8) is 0 Å². The number of benzene rings is 1. The van der Waals surface area contributed by atoms with Gasteiger partial charge in [-0.25, -0.2) is 0 Å². The van der Waals surface area contributed by atoms with Crippen LogP contribution in [0.4, 0.5) is 0 Å². The Morgan fingerprint density at radius 3 is 2.03 bits per heavy atom. The molecule has 1 aliphatic rings. The fourth-order valence-electron chi connectivity index (χ4n) is 3.87. The van der Waals surface area contributed by atoms with Crippen LogP contribution in [0.3, 0.4) is 0 Å². The van der Waals surface area contributed by atoms with Gasteiger partial charge in [0.15, 0.2) is 5.92 Å². The highest BCUT2D eigenvalue weighted by Gasteiger charge is 2.35. The summed E-state index contributed by atoms with van der Waals surface area (Å²) in [5, 5.41) is 0. The number of hydrogen-bond donors (Lipinski definition) is 0. The summed E-state index contributed by atoms with van der Waals surface area (Å²) >= 11 is 0. The number of rotatable bonds is 6. The molecule has 0 amide bonds. The summed E-state index contributed by atoms with van der Waals surface area (Å²) in [6.07, 6.45) is 4.08. The van der Waals surface area contributed by atoms with E-state index in [1.54, 1.807) is 0 Å². The Balaban J connectivity index is 2.15. The molecule has 1 saturated carbocycles. The third kappa shape index (κ3) is 6.31. The van der Waals surface area contributed by atoms with Gasteiger partial charge in [-0.15, -0.1) is 0 Å². The van der Waals surface area contributed by atoms with E-state index >= 15 is 0 Å². The molecule has 0 N–H and O–H groups in total. The lowest BCUT2D eigenvalue weighted by Crippen LogP contribution is -2.33. The molecular weight excluding hydrogens is 372 g/mol. The molecule has 0 aliphatic heterocycles. The van der Waals surface area contributed by atoms with Crippen LogP contribution in [0.25, 0.3) is 0 Å². The van der Waals surface area contributed by atoms with E-state index in [0.29, 0.717) is 0 Å². The van der Waals surface area contributed by atoms with Crippen LogP contribution in [0.2, 0.25) is 0 Å². The number of carbonyl (C=O) groups is 3. The van der Waals surface area contributed by atoms with Crippen molar-refractivity contribution in [3.8, 4) is 0 Å². The fraction of sp³-hybridized carbons (Fsp3) is 0.609. The summed E-state index contributed by atoms with van der Waals surface area (Å²) in [7, 11) is 2.50. The highest BCUT2D eigenvalue weighted by Crippen LogP contribution is 2.39. The molecule has 0 aromatic heterocycles. The molecule has 0 saturated heterocycles. The Morgan fingerprint density at radius 1 is 0.966 bits per heavy atom. The second-order valence-corrected chi connectivity index (χ2v) is 8.58. The molecule has 2 atom stereocenters. The summed E-state index contributed by atoms with van der Waals surface area (Å²) in [6, 6.07) is 7.76. The van der Waals surface area contributed by atoms with Crippen LogP contribution in [0, 0.1) is 11.8 Å². The summed E-state index contributed by atoms with van der Waals surface area (Å²) in [6.45, 7) is 5.66. The van der Waals surface area contributed by atoms with Crippen LogP contribution in [-0.4, -0.2) is 37.7 Å². The van der Waals surface area contributed by atoms with E-state index in [0.717, 1.165) is 36.8 Å². The zero-order chi connectivity index (χ0) is 21.6. The average molecular weight is 405 g/mol. The molecular formula is C23H32O6. The number of hydrogen-bond acceptors (Lipinski definition) is 6. The van der Waals surface area contributed by atoms with Crippen molar-refractivity contribution in [1.29, 1.82) is 0 Å². The third-order valence-corrected chi connectivity index (χ3v) is 5.29. The first-order valence-corrected chi connectivity index (χ1v) is 10.1. The maximum absolute atomic E-state index is 12.7. The predicted octanol–water partition coefficient (Wildman–Crippen LogP) is 3.81. The number of methoxy groups -OCH3 is 2. The van der Waals surface area contributed by atoms with Crippen molar-refractivity contribution < 1.29 is 28.6 Å². The minimum Gasteiger partial charge on any atom is -0.468 e. The largest absolute Gasteiger partial charge is 0.468 e. The number of esters is 3. The SMILES string of the molecule is COC(=O)C(Cc1ccc([C@@H]2CCCC[C@H]2C(=O)OC(C)(C)C)cc1)C(=O)OC.